The lowest BCUT2D eigenvalue weighted by atomic mass is 10.2. The maximum atomic E-state index is 12.4. The van der Waals surface area contributed by atoms with Gasteiger partial charge in [0.25, 0.3) is 5.91 Å². The van der Waals surface area contributed by atoms with E-state index >= 15 is 0 Å². The van der Waals surface area contributed by atoms with Crippen LogP contribution in [0.4, 0.5) is 0 Å². The zero-order valence-electron chi connectivity index (χ0n) is 10.2. The Morgan fingerprint density at radius 2 is 2.28 bits per heavy atom. The second kappa shape index (κ2) is 4.56. The van der Waals surface area contributed by atoms with E-state index in [1.54, 1.807) is 4.90 Å². The summed E-state index contributed by atoms with van der Waals surface area (Å²) < 4.78 is 15.1. The number of rotatable bonds is 2. The molecule has 3 heterocycles. The SMILES string of the molecule is CCc1nnsc1C(=O)N1CCC2(C1)OCCO2. The number of carbonyl (C=O) groups excluding carboxylic acids is 1. The summed E-state index contributed by atoms with van der Waals surface area (Å²) in [7, 11) is 0. The van der Waals surface area contributed by atoms with Gasteiger partial charge in [-0.1, -0.05) is 11.4 Å². The van der Waals surface area contributed by atoms with Gasteiger partial charge in [-0.05, 0) is 18.0 Å². The van der Waals surface area contributed by atoms with E-state index in [9.17, 15) is 4.79 Å². The van der Waals surface area contributed by atoms with Crippen molar-refractivity contribution >= 4 is 17.4 Å². The maximum absolute atomic E-state index is 12.4. The minimum atomic E-state index is -0.555. The van der Waals surface area contributed by atoms with Crippen LogP contribution in [-0.2, 0) is 15.9 Å². The fourth-order valence-electron chi connectivity index (χ4n) is 2.41. The molecule has 2 saturated heterocycles. The topological polar surface area (TPSA) is 64.6 Å². The largest absolute Gasteiger partial charge is 0.346 e. The molecule has 7 heteroatoms. The molecule has 0 saturated carbocycles. The Balaban J connectivity index is 1.74. The van der Waals surface area contributed by atoms with Gasteiger partial charge < -0.3 is 14.4 Å². The third kappa shape index (κ3) is 1.92. The van der Waals surface area contributed by atoms with Crippen LogP contribution in [0.2, 0.25) is 0 Å². The highest BCUT2D eigenvalue weighted by Crippen LogP contribution is 2.31. The van der Waals surface area contributed by atoms with Crippen LogP contribution in [-0.4, -0.2) is 52.5 Å². The number of likely N-dealkylation sites (tertiary alicyclic amines) is 1. The highest BCUT2D eigenvalue weighted by molar-refractivity contribution is 7.08. The summed E-state index contributed by atoms with van der Waals surface area (Å²) >= 11 is 1.17. The average molecular weight is 269 g/mol. The van der Waals surface area contributed by atoms with Crippen molar-refractivity contribution in [3.63, 3.8) is 0 Å². The van der Waals surface area contributed by atoms with Crippen LogP contribution in [0.1, 0.15) is 28.7 Å². The van der Waals surface area contributed by atoms with Crippen LogP contribution in [0.15, 0.2) is 0 Å². The lowest BCUT2D eigenvalue weighted by molar-refractivity contribution is -0.143. The van der Waals surface area contributed by atoms with Crippen LogP contribution in [0.25, 0.3) is 0 Å². The molecule has 1 amide bonds. The van der Waals surface area contributed by atoms with Gasteiger partial charge in [0.1, 0.15) is 4.88 Å². The molecule has 1 aromatic rings. The van der Waals surface area contributed by atoms with Crippen LogP contribution in [0.3, 0.4) is 0 Å². The van der Waals surface area contributed by atoms with E-state index in [2.05, 4.69) is 9.59 Å². The molecule has 0 unspecified atom stereocenters. The van der Waals surface area contributed by atoms with Crippen molar-refractivity contribution in [2.45, 2.75) is 25.6 Å². The predicted octanol–water partition coefficient (Wildman–Crippen LogP) is 0.690. The van der Waals surface area contributed by atoms with E-state index in [0.717, 1.165) is 18.5 Å². The van der Waals surface area contributed by atoms with Gasteiger partial charge in [0.05, 0.1) is 25.5 Å². The van der Waals surface area contributed by atoms with E-state index < -0.39 is 5.79 Å². The molecule has 0 N–H and O–H groups in total. The Labute approximate surface area is 109 Å². The monoisotopic (exact) mass is 269 g/mol. The highest BCUT2D eigenvalue weighted by atomic mass is 32.1. The van der Waals surface area contributed by atoms with Crippen molar-refractivity contribution in [2.75, 3.05) is 26.3 Å². The molecule has 1 aromatic heterocycles. The molecule has 0 atom stereocenters. The standard InChI is InChI=1S/C11H15N3O3S/c1-2-8-9(18-13-12-8)10(15)14-4-3-11(7-14)16-5-6-17-11/h2-7H2,1H3. The molecule has 0 radical (unpaired) electrons. The first-order valence-electron chi connectivity index (χ1n) is 6.12. The number of ether oxygens (including phenoxy) is 2. The molecular formula is C11H15N3O3S. The van der Waals surface area contributed by atoms with Crippen molar-refractivity contribution in [2.24, 2.45) is 0 Å². The third-order valence-electron chi connectivity index (χ3n) is 3.38. The Morgan fingerprint density at radius 1 is 1.50 bits per heavy atom. The van der Waals surface area contributed by atoms with Crippen LogP contribution < -0.4 is 0 Å². The number of hydrogen-bond donors (Lipinski definition) is 0. The first kappa shape index (κ1) is 12.0. The fourth-order valence-corrected chi connectivity index (χ4v) is 3.12. The van der Waals surface area contributed by atoms with Crippen molar-refractivity contribution in [1.82, 2.24) is 14.5 Å². The number of aryl methyl sites for hydroxylation is 1. The minimum absolute atomic E-state index is 0.00201. The summed E-state index contributed by atoms with van der Waals surface area (Å²) in [6.07, 6.45) is 1.47. The van der Waals surface area contributed by atoms with Gasteiger partial charge in [0.15, 0.2) is 5.79 Å². The molecule has 3 rings (SSSR count). The lowest BCUT2D eigenvalue weighted by Crippen LogP contribution is -2.36. The van der Waals surface area contributed by atoms with E-state index in [0.29, 0.717) is 31.2 Å². The minimum Gasteiger partial charge on any atom is -0.346 e. The first-order chi connectivity index (χ1) is 8.74. The van der Waals surface area contributed by atoms with Crippen LogP contribution >= 0.6 is 11.5 Å². The molecule has 1 spiro atoms. The Kier molecular flexibility index (Phi) is 3.04. The summed E-state index contributed by atoms with van der Waals surface area (Å²) in [6.45, 7) is 4.38. The van der Waals surface area contributed by atoms with Gasteiger partial charge in [-0.2, -0.15) is 0 Å². The summed E-state index contributed by atoms with van der Waals surface area (Å²) in [4.78, 5) is 14.8. The van der Waals surface area contributed by atoms with Gasteiger partial charge in [-0.25, -0.2) is 0 Å². The Morgan fingerprint density at radius 3 is 3.00 bits per heavy atom. The Hall–Kier alpha value is -1.05. The summed E-state index contributed by atoms with van der Waals surface area (Å²) in [5.74, 6) is -0.557. The lowest BCUT2D eigenvalue weighted by Gasteiger charge is -2.22. The van der Waals surface area contributed by atoms with Crippen molar-refractivity contribution in [3.05, 3.63) is 10.6 Å². The van der Waals surface area contributed by atoms with E-state index in [1.165, 1.54) is 11.5 Å². The van der Waals surface area contributed by atoms with E-state index in [-0.39, 0.29) is 5.91 Å². The van der Waals surface area contributed by atoms with Crippen molar-refractivity contribution in [3.8, 4) is 0 Å². The molecule has 0 aromatic carbocycles. The number of nitrogens with zero attached hydrogens (tertiary/aromatic N) is 3. The molecule has 6 nitrogen and oxygen atoms in total. The normalized spacial score (nSPS) is 21.9. The Bertz CT molecular complexity index is 456. The number of aromatic nitrogens is 2. The first-order valence-corrected chi connectivity index (χ1v) is 6.90. The van der Waals surface area contributed by atoms with E-state index in [1.807, 2.05) is 6.92 Å². The van der Waals surface area contributed by atoms with Crippen molar-refractivity contribution < 1.29 is 14.3 Å². The molecule has 0 aliphatic carbocycles. The smallest absolute Gasteiger partial charge is 0.267 e. The van der Waals surface area contributed by atoms with Gasteiger partial charge in [0.2, 0.25) is 0 Å². The quantitative estimate of drug-likeness (QED) is 0.790. The second-order valence-corrected chi connectivity index (χ2v) is 5.24. The van der Waals surface area contributed by atoms with E-state index in [4.69, 9.17) is 9.47 Å². The predicted molar refractivity (Wildman–Crippen MR) is 64.4 cm³/mol. The summed E-state index contributed by atoms with van der Waals surface area (Å²) in [5.41, 5.74) is 0.777. The third-order valence-corrected chi connectivity index (χ3v) is 4.14. The molecule has 2 fully saturated rings. The van der Waals surface area contributed by atoms with Gasteiger partial charge in [-0.15, -0.1) is 5.10 Å². The molecule has 0 bridgehead atoms. The fraction of sp³-hybridized carbons (Fsp3) is 0.727. The summed E-state index contributed by atoms with van der Waals surface area (Å²) in [6, 6.07) is 0. The molecule has 2 aliphatic rings. The number of carbonyl (C=O) groups is 1. The average Bonchev–Trinajstić information content (AvgIpc) is 3.11. The summed E-state index contributed by atoms with van der Waals surface area (Å²) in [5, 5.41) is 3.97. The van der Waals surface area contributed by atoms with Gasteiger partial charge in [0, 0.05) is 13.0 Å². The van der Waals surface area contributed by atoms with Gasteiger partial charge in [-0.3, -0.25) is 4.79 Å². The molecule has 2 aliphatic heterocycles. The highest BCUT2D eigenvalue weighted by Gasteiger charge is 2.45. The van der Waals surface area contributed by atoms with Crippen molar-refractivity contribution in [1.29, 1.82) is 0 Å². The number of hydrogen-bond acceptors (Lipinski definition) is 6. The molecular weight excluding hydrogens is 254 g/mol. The molecule has 18 heavy (non-hydrogen) atoms. The zero-order chi connectivity index (χ0) is 12.6. The van der Waals surface area contributed by atoms with Crippen LogP contribution in [0, 0.1) is 0 Å². The number of amides is 1. The molecule has 98 valence electrons. The van der Waals surface area contributed by atoms with Crippen LogP contribution in [0.5, 0.6) is 0 Å². The van der Waals surface area contributed by atoms with Gasteiger partial charge >= 0.3 is 0 Å². The maximum Gasteiger partial charge on any atom is 0.267 e. The second-order valence-electron chi connectivity index (χ2n) is 4.49. The zero-order valence-corrected chi connectivity index (χ0v) is 11.0.